The Labute approximate surface area is 109 Å². The number of hydrogen-bond acceptors (Lipinski definition) is 4. The van der Waals surface area contributed by atoms with Crippen molar-refractivity contribution in [1.29, 1.82) is 0 Å². The third-order valence-electron chi connectivity index (χ3n) is 2.19. The van der Waals surface area contributed by atoms with Crippen LogP contribution < -0.4 is 0 Å². The molecule has 2 rings (SSSR count). The minimum Gasteiger partial charge on any atom is -0.256 e. The molecule has 17 heavy (non-hydrogen) atoms. The number of benzene rings is 1. The average Bonchev–Trinajstić information content (AvgIpc) is 2.73. The maximum atomic E-state index is 6.18. The first kappa shape index (κ1) is 11.9. The molecule has 4 nitrogen and oxygen atoms in total. The molecule has 0 spiro atoms. The number of aromatic nitrogens is 3. The van der Waals surface area contributed by atoms with Gasteiger partial charge in [0, 0.05) is 24.2 Å². The van der Waals surface area contributed by atoms with E-state index in [9.17, 15) is 0 Å². The van der Waals surface area contributed by atoms with Crippen molar-refractivity contribution in [2.24, 2.45) is 12.0 Å². The Kier molecular flexibility index (Phi) is 3.61. The van der Waals surface area contributed by atoms with Gasteiger partial charge in [-0.05, 0) is 18.2 Å². The van der Waals surface area contributed by atoms with Crippen molar-refractivity contribution in [3.05, 3.63) is 29.5 Å². The van der Waals surface area contributed by atoms with E-state index in [0.717, 1.165) is 17.1 Å². The van der Waals surface area contributed by atoms with E-state index in [-0.39, 0.29) is 0 Å². The summed E-state index contributed by atoms with van der Waals surface area (Å²) >= 11 is 10.8. The first-order chi connectivity index (χ1) is 8.22. The number of aliphatic imine (C=N–C) groups is 1. The molecule has 0 aliphatic rings. The molecule has 1 aromatic carbocycles. The molecule has 0 radical (unpaired) electrons. The average molecular weight is 265 g/mol. The quantitative estimate of drug-likeness (QED) is 0.632. The van der Waals surface area contributed by atoms with Crippen molar-refractivity contribution < 1.29 is 0 Å². The normalized spacial score (nSPS) is 10.9. The fourth-order valence-corrected chi connectivity index (χ4v) is 1.74. The fourth-order valence-electron chi connectivity index (χ4n) is 1.42. The summed E-state index contributed by atoms with van der Waals surface area (Å²) < 4.78 is 1.67. The van der Waals surface area contributed by atoms with Gasteiger partial charge in [0.05, 0.1) is 10.7 Å². The molecular weight excluding hydrogens is 256 g/mol. The lowest BCUT2D eigenvalue weighted by Gasteiger charge is -2.03. The molecule has 0 amide bonds. The zero-order valence-corrected chi connectivity index (χ0v) is 10.6. The summed E-state index contributed by atoms with van der Waals surface area (Å²) in [5, 5.41) is 6.04. The Bertz CT molecular complexity index is 577. The maximum absolute atomic E-state index is 6.18. The topological polar surface area (TPSA) is 43.1 Å². The lowest BCUT2D eigenvalue weighted by Crippen LogP contribution is -1.94. The van der Waals surface area contributed by atoms with Gasteiger partial charge in [0.2, 0.25) is 0 Å². The van der Waals surface area contributed by atoms with Crippen LogP contribution in [-0.4, -0.2) is 26.3 Å². The fraction of sp³-hybridized carbons (Fsp3) is 0.0909. The van der Waals surface area contributed by atoms with Crippen LogP contribution in [0.25, 0.3) is 11.4 Å². The maximum Gasteiger partial charge on any atom is 0.159 e. The van der Waals surface area contributed by atoms with Gasteiger partial charge < -0.3 is 0 Å². The minimum absolute atomic E-state index is 0.583. The molecule has 0 atom stereocenters. The van der Waals surface area contributed by atoms with E-state index in [0.29, 0.717) is 5.02 Å². The summed E-state index contributed by atoms with van der Waals surface area (Å²) in [6, 6.07) is 5.48. The zero-order chi connectivity index (χ0) is 12.3. The van der Waals surface area contributed by atoms with Gasteiger partial charge in [-0.3, -0.25) is 4.99 Å². The molecule has 6 heteroatoms. The van der Waals surface area contributed by atoms with Gasteiger partial charge >= 0.3 is 0 Å². The van der Waals surface area contributed by atoms with E-state index < -0.39 is 0 Å². The summed E-state index contributed by atoms with van der Waals surface area (Å²) in [7, 11) is 1.82. The smallest absolute Gasteiger partial charge is 0.159 e. The lowest BCUT2D eigenvalue weighted by molar-refractivity contribution is 0.774. The predicted molar refractivity (Wildman–Crippen MR) is 73.3 cm³/mol. The van der Waals surface area contributed by atoms with Crippen molar-refractivity contribution >= 4 is 41.1 Å². The van der Waals surface area contributed by atoms with E-state index >= 15 is 0 Å². The van der Waals surface area contributed by atoms with Gasteiger partial charge in [-0.25, -0.2) is 9.67 Å². The molecule has 0 unspecified atom stereocenters. The van der Waals surface area contributed by atoms with E-state index in [1.54, 1.807) is 17.0 Å². The van der Waals surface area contributed by atoms with Gasteiger partial charge in [-0.1, -0.05) is 23.8 Å². The van der Waals surface area contributed by atoms with E-state index in [1.165, 1.54) is 11.7 Å². The summed E-state index contributed by atoms with van der Waals surface area (Å²) in [6.45, 7) is 0. The highest BCUT2D eigenvalue weighted by atomic mass is 35.5. The van der Waals surface area contributed by atoms with Crippen LogP contribution in [-0.2, 0) is 7.05 Å². The summed E-state index contributed by atoms with van der Waals surface area (Å²) in [4.78, 5) is 8.26. The third kappa shape index (κ3) is 2.57. The second-order valence-electron chi connectivity index (χ2n) is 3.29. The molecule has 86 valence electrons. The third-order valence-corrected chi connectivity index (χ3v) is 2.62. The molecular formula is C11H9ClN4S. The lowest BCUT2D eigenvalue weighted by atomic mass is 10.2. The number of rotatable bonds is 3. The second-order valence-corrected chi connectivity index (χ2v) is 3.97. The number of aryl methyl sites for hydroxylation is 1. The highest BCUT2D eigenvalue weighted by Gasteiger charge is 2.09. The van der Waals surface area contributed by atoms with Gasteiger partial charge in [-0.15, -0.1) is 0 Å². The number of thiocarbonyl (C=S) groups is 1. The molecule has 0 bridgehead atoms. The van der Waals surface area contributed by atoms with Crippen LogP contribution in [0, 0.1) is 0 Å². The van der Waals surface area contributed by atoms with Crippen molar-refractivity contribution in [1.82, 2.24) is 14.8 Å². The van der Waals surface area contributed by atoms with Crippen molar-refractivity contribution in [2.45, 2.75) is 0 Å². The predicted octanol–water partition coefficient (Wildman–Crippen LogP) is 2.84. The second kappa shape index (κ2) is 5.16. The Hall–Kier alpha value is -1.59. The standard InChI is InChI=1S/C11H9ClN4S/c1-16-11(14-7-15-16)9-3-2-8(6-10(9)12)13-4-5-17/h2-7H,1H3. The van der Waals surface area contributed by atoms with E-state index in [2.05, 4.69) is 27.3 Å². The Morgan fingerprint density at radius 1 is 1.47 bits per heavy atom. The van der Waals surface area contributed by atoms with Crippen molar-refractivity contribution in [2.75, 3.05) is 0 Å². The largest absolute Gasteiger partial charge is 0.256 e. The van der Waals surface area contributed by atoms with Crippen LogP contribution in [0.3, 0.4) is 0 Å². The molecule has 1 aromatic heterocycles. The molecule has 2 aromatic rings. The Morgan fingerprint density at radius 3 is 2.88 bits per heavy atom. The first-order valence-electron chi connectivity index (χ1n) is 4.84. The molecule has 0 saturated carbocycles. The van der Waals surface area contributed by atoms with Crippen LogP contribution in [0.1, 0.15) is 0 Å². The van der Waals surface area contributed by atoms with Gasteiger partial charge in [0.15, 0.2) is 5.82 Å². The summed E-state index contributed by atoms with van der Waals surface area (Å²) in [6.07, 6.45) is 3.03. The summed E-state index contributed by atoms with van der Waals surface area (Å²) in [5.74, 6) is 0.723. The SMILES string of the molecule is Cn1ncnc1-c1ccc(N=CC=S)cc1Cl. The van der Waals surface area contributed by atoms with Gasteiger partial charge in [0.25, 0.3) is 0 Å². The zero-order valence-electron chi connectivity index (χ0n) is 9.04. The molecule has 0 N–H and O–H groups in total. The summed E-state index contributed by atoms with van der Waals surface area (Å²) in [5.41, 5.74) is 1.58. The first-order valence-corrected chi connectivity index (χ1v) is 5.69. The Balaban J connectivity index is 2.42. The van der Waals surface area contributed by atoms with Gasteiger partial charge in [-0.2, -0.15) is 5.10 Å². The highest BCUT2D eigenvalue weighted by Crippen LogP contribution is 2.29. The number of nitrogens with zero attached hydrogens (tertiary/aromatic N) is 4. The molecule has 0 saturated heterocycles. The minimum atomic E-state index is 0.583. The molecule has 0 aliphatic heterocycles. The van der Waals surface area contributed by atoms with Crippen LogP contribution in [0.4, 0.5) is 5.69 Å². The monoisotopic (exact) mass is 264 g/mol. The van der Waals surface area contributed by atoms with E-state index in [1.807, 2.05) is 19.2 Å². The highest BCUT2D eigenvalue weighted by molar-refractivity contribution is 7.80. The molecule has 1 heterocycles. The van der Waals surface area contributed by atoms with Crippen LogP contribution in [0.15, 0.2) is 29.5 Å². The van der Waals surface area contributed by atoms with Crippen LogP contribution in [0.2, 0.25) is 5.02 Å². The van der Waals surface area contributed by atoms with Gasteiger partial charge in [0.1, 0.15) is 6.33 Å². The van der Waals surface area contributed by atoms with Crippen molar-refractivity contribution in [3.8, 4) is 11.4 Å². The number of halogens is 1. The van der Waals surface area contributed by atoms with Crippen LogP contribution in [0.5, 0.6) is 0 Å². The Morgan fingerprint density at radius 2 is 2.29 bits per heavy atom. The molecule has 0 fully saturated rings. The van der Waals surface area contributed by atoms with Crippen LogP contribution >= 0.6 is 23.8 Å². The molecule has 0 aliphatic carbocycles. The van der Waals surface area contributed by atoms with Crippen molar-refractivity contribution in [3.63, 3.8) is 0 Å². The van der Waals surface area contributed by atoms with E-state index in [4.69, 9.17) is 11.6 Å². The number of hydrogen-bond donors (Lipinski definition) is 0.